The Balaban J connectivity index is 1.32. The molecule has 0 spiro atoms. The van der Waals surface area contributed by atoms with E-state index in [1.807, 2.05) is 6.21 Å². The second-order valence-corrected chi connectivity index (χ2v) is 11.9. The van der Waals surface area contributed by atoms with Crippen LogP contribution in [0.1, 0.15) is 36.8 Å². The molecule has 0 saturated carbocycles. The number of hydrogen-bond acceptors (Lipinski definition) is 1. The van der Waals surface area contributed by atoms with Crippen LogP contribution in [0.4, 0.5) is 0 Å². The van der Waals surface area contributed by atoms with Gasteiger partial charge < -0.3 is 0 Å². The predicted molar refractivity (Wildman–Crippen MR) is 186 cm³/mol. The van der Waals surface area contributed by atoms with Gasteiger partial charge in [-0.05, 0) is 122 Å². The van der Waals surface area contributed by atoms with Crippen LogP contribution in [-0.4, -0.2) is 6.21 Å². The molecule has 1 nitrogen and oxygen atoms in total. The van der Waals surface area contributed by atoms with Crippen molar-refractivity contribution in [2.75, 3.05) is 0 Å². The van der Waals surface area contributed by atoms with E-state index in [0.717, 1.165) is 25.7 Å². The molecular formula is C42H33N. The zero-order chi connectivity index (χ0) is 28.8. The molecule has 0 unspecified atom stereocenters. The van der Waals surface area contributed by atoms with E-state index in [4.69, 9.17) is 0 Å². The Bertz CT molecular complexity index is 2130. The molecule has 6 aromatic carbocycles. The lowest BCUT2D eigenvalue weighted by molar-refractivity contribution is 0.912. The topological polar surface area (TPSA) is 12.4 Å². The van der Waals surface area contributed by atoms with Gasteiger partial charge in [0.15, 0.2) is 0 Å². The van der Waals surface area contributed by atoms with Crippen molar-refractivity contribution in [2.45, 2.75) is 32.6 Å². The monoisotopic (exact) mass is 551 g/mol. The Morgan fingerprint density at radius 1 is 0.535 bits per heavy atom. The standard InChI is InChI=1S/C42H33N/c1-28-18-19-33-26-35(21-20-32(33)23-28)42-39-16-4-2-14-37(39)41(38-15-3-5-17-40(38)42)34-12-7-10-30(25-34)29-9-6-11-31(24-29)36-13-8-22-43-27-36/h2-5,7,9-10,12,14-27H,6,8,11,13H2,1H3. The average molecular weight is 552 g/mol. The first-order valence-corrected chi connectivity index (χ1v) is 15.4. The number of benzene rings is 6. The van der Waals surface area contributed by atoms with Gasteiger partial charge >= 0.3 is 0 Å². The fourth-order valence-corrected chi connectivity index (χ4v) is 7.03. The Kier molecular flexibility index (Phi) is 6.38. The first-order valence-electron chi connectivity index (χ1n) is 15.4. The summed E-state index contributed by atoms with van der Waals surface area (Å²) in [6.07, 6.45) is 13.2. The van der Waals surface area contributed by atoms with E-state index in [2.05, 4.69) is 139 Å². The van der Waals surface area contributed by atoms with Crippen LogP contribution in [0.3, 0.4) is 0 Å². The molecule has 206 valence electrons. The molecule has 1 aliphatic carbocycles. The van der Waals surface area contributed by atoms with Crippen LogP contribution in [-0.2, 0) is 0 Å². The van der Waals surface area contributed by atoms with Crippen LogP contribution in [0.25, 0.3) is 60.1 Å². The third kappa shape index (κ3) is 4.62. The van der Waals surface area contributed by atoms with Crippen LogP contribution in [0.2, 0.25) is 0 Å². The van der Waals surface area contributed by atoms with Crippen LogP contribution < -0.4 is 0 Å². The maximum atomic E-state index is 4.44. The molecule has 43 heavy (non-hydrogen) atoms. The first-order chi connectivity index (χ1) is 21.2. The van der Waals surface area contributed by atoms with E-state index in [1.54, 1.807) is 0 Å². The predicted octanol–water partition coefficient (Wildman–Crippen LogP) is 11.6. The van der Waals surface area contributed by atoms with Crippen molar-refractivity contribution in [1.29, 1.82) is 0 Å². The lowest BCUT2D eigenvalue weighted by Crippen LogP contribution is -1.99. The first kappa shape index (κ1) is 25.7. The van der Waals surface area contributed by atoms with Crippen molar-refractivity contribution in [3.63, 3.8) is 0 Å². The minimum atomic E-state index is 1.03. The Hall–Kier alpha value is -5.01. The van der Waals surface area contributed by atoms with Crippen LogP contribution in [0, 0.1) is 6.92 Å². The van der Waals surface area contributed by atoms with Crippen molar-refractivity contribution in [1.82, 2.24) is 0 Å². The minimum absolute atomic E-state index is 1.03. The number of allylic oxidation sites excluding steroid dienone is 5. The third-order valence-electron chi connectivity index (χ3n) is 9.10. The van der Waals surface area contributed by atoms with Crippen molar-refractivity contribution in [3.05, 3.63) is 150 Å². The van der Waals surface area contributed by atoms with E-state index in [1.165, 1.54) is 82.4 Å². The van der Waals surface area contributed by atoms with E-state index in [9.17, 15) is 0 Å². The summed E-state index contributed by atoms with van der Waals surface area (Å²) in [5, 5.41) is 7.71. The zero-order valence-electron chi connectivity index (χ0n) is 24.5. The van der Waals surface area contributed by atoms with Gasteiger partial charge in [-0.2, -0.15) is 0 Å². The minimum Gasteiger partial charge on any atom is -0.269 e. The maximum absolute atomic E-state index is 4.44. The van der Waals surface area contributed by atoms with Crippen molar-refractivity contribution < 1.29 is 0 Å². The van der Waals surface area contributed by atoms with Gasteiger partial charge in [0.2, 0.25) is 0 Å². The molecule has 0 radical (unpaired) electrons. The largest absolute Gasteiger partial charge is 0.269 e. The van der Waals surface area contributed by atoms with E-state index < -0.39 is 0 Å². The summed E-state index contributed by atoms with van der Waals surface area (Å²) in [5.74, 6) is 0. The molecular weight excluding hydrogens is 518 g/mol. The highest BCUT2D eigenvalue weighted by Gasteiger charge is 2.18. The van der Waals surface area contributed by atoms with Gasteiger partial charge in [-0.25, -0.2) is 0 Å². The molecule has 0 fully saturated rings. The number of fused-ring (bicyclic) bond motifs is 3. The van der Waals surface area contributed by atoms with Gasteiger partial charge in [-0.3, -0.25) is 4.99 Å². The second kappa shape index (κ2) is 10.7. The molecule has 0 N–H and O–H groups in total. The van der Waals surface area contributed by atoms with Gasteiger partial charge in [0.25, 0.3) is 0 Å². The Morgan fingerprint density at radius 3 is 1.86 bits per heavy atom. The number of aryl methyl sites for hydroxylation is 1. The second-order valence-electron chi connectivity index (χ2n) is 11.9. The van der Waals surface area contributed by atoms with E-state index in [-0.39, 0.29) is 0 Å². The average Bonchev–Trinajstić information content (AvgIpc) is 3.07. The number of hydrogen-bond donors (Lipinski definition) is 0. The maximum Gasteiger partial charge on any atom is 0.0298 e. The normalized spacial score (nSPS) is 15.0. The summed E-state index contributed by atoms with van der Waals surface area (Å²) in [6.45, 7) is 2.16. The van der Waals surface area contributed by atoms with Gasteiger partial charge in [-0.1, -0.05) is 115 Å². The summed E-state index contributed by atoms with van der Waals surface area (Å²) in [6, 6.07) is 40.7. The fraction of sp³-hybridized carbons (Fsp3) is 0.119. The quantitative estimate of drug-likeness (QED) is 0.193. The number of nitrogens with zero attached hydrogens (tertiary/aromatic N) is 1. The molecule has 0 amide bonds. The van der Waals surface area contributed by atoms with Crippen molar-refractivity contribution in [2.24, 2.45) is 4.99 Å². The lowest BCUT2D eigenvalue weighted by Gasteiger charge is -2.20. The van der Waals surface area contributed by atoms with Crippen molar-refractivity contribution >= 4 is 44.1 Å². The molecule has 8 rings (SSSR count). The number of rotatable bonds is 4. The molecule has 1 aliphatic heterocycles. The molecule has 1 heteroatoms. The smallest absolute Gasteiger partial charge is 0.0298 e. The lowest BCUT2D eigenvalue weighted by atomic mass is 9.84. The molecule has 0 aromatic heterocycles. The molecule has 2 aliphatic rings. The van der Waals surface area contributed by atoms with Gasteiger partial charge in [0.1, 0.15) is 0 Å². The summed E-state index contributed by atoms with van der Waals surface area (Å²) < 4.78 is 0. The van der Waals surface area contributed by atoms with Crippen LogP contribution in [0.5, 0.6) is 0 Å². The molecule has 0 bridgehead atoms. The molecule has 1 heterocycles. The Morgan fingerprint density at radius 2 is 1.16 bits per heavy atom. The van der Waals surface area contributed by atoms with Gasteiger partial charge in [0, 0.05) is 12.4 Å². The fourth-order valence-electron chi connectivity index (χ4n) is 7.03. The van der Waals surface area contributed by atoms with Crippen LogP contribution >= 0.6 is 0 Å². The molecule has 0 atom stereocenters. The summed E-state index contributed by atoms with van der Waals surface area (Å²) in [7, 11) is 0. The van der Waals surface area contributed by atoms with Crippen LogP contribution in [0.15, 0.2) is 144 Å². The summed E-state index contributed by atoms with van der Waals surface area (Å²) in [5.41, 5.74) is 11.8. The highest BCUT2D eigenvalue weighted by Crippen LogP contribution is 2.44. The molecule has 0 saturated heterocycles. The van der Waals surface area contributed by atoms with Gasteiger partial charge in [0.05, 0.1) is 0 Å². The van der Waals surface area contributed by atoms with Gasteiger partial charge in [-0.15, -0.1) is 0 Å². The highest BCUT2D eigenvalue weighted by atomic mass is 14.7. The summed E-state index contributed by atoms with van der Waals surface area (Å²) in [4.78, 5) is 4.44. The number of aliphatic imine (C=N–C) groups is 1. The van der Waals surface area contributed by atoms with E-state index in [0.29, 0.717) is 0 Å². The zero-order valence-corrected chi connectivity index (χ0v) is 24.5. The van der Waals surface area contributed by atoms with E-state index >= 15 is 0 Å². The SMILES string of the molecule is Cc1ccc2cc(-c3c4ccccc4c(-c4cccc(C5=CCCC(C6=CN=CCC6)=C5)c4)c4ccccc34)ccc2c1. The Labute approximate surface area is 253 Å². The highest BCUT2D eigenvalue weighted by molar-refractivity contribution is 6.21. The summed E-state index contributed by atoms with van der Waals surface area (Å²) >= 11 is 0. The molecule has 6 aromatic rings. The third-order valence-corrected chi connectivity index (χ3v) is 9.10. The van der Waals surface area contributed by atoms with Crippen molar-refractivity contribution in [3.8, 4) is 22.3 Å².